The fourth-order valence-corrected chi connectivity index (χ4v) is 2.31. The summed E-state index contributed by atoms with van der Waals surface area (Å²) in [5, 5.41) is 5.67. The van der Waals surface area contributed by atoms with Crippen molar-refractivity contribution in [2.75, 3.05) is 25.6 Å². The van der Waals surface area contributed by atoms with Crippen molar-refractivity contribution in [2.45, 2.75) is 32.2 Å². The maximum absolute atomic E-state index is 12.2. The van der Waals surface area contributed by atoms with Gasteiger partial charge in [-0.1, -0.05) is 24.9 Å². The number of carbonyl (C=O) groups is 2. The van der Waals surface area contributed by atoms with E-state index in [1.54, 1.807) is 26.2 Å². The van der Waals surface area contributed by atoms with Gasteiger partial charge in [0.2, 0.25) is 5.91 Å². The van der Waals surface area contributed by atoms with Crippen LogP contribution in [-0.2, 0) is 9.53 Å². The molecule has 136 valence electrons. The second-order valence-corrected chi connectivity index (χ2v) is 5.97. The first-order chi connectivity index (χ1) is 10.8. The van der Waals surface area contributed by atoms with Gasteiger partial charge in [-0.15, -0.1) is 12.4 Å². The molecular formula is C16H25Cl2N3O3. The Bertz CT molecular complexity index is 565. The lowest BCUT2D eigenvalue weighted by Crippen LogP contribution is -2.48. The van der Waals surface area contributed by atoms with Crippen molar-refractivity contribution in [1.29, 1.82) is 0 Å². The van der Waals surface area contributed by atoms with Crippen LogP contribution in [0.2, 0.25) is 5.02 Å². The van der Waals surface area contributed by atoms with Gasteiger partial charge in [-0.3, -0.25) is 9.59 Å². The van der Waals surface area contributed by atoms with Crippen LogP contribution in [-0.4, -0.2) is 37.6 Å². The number of halogens is 2. The van der Waals surface area contributed by atoms with Crippen LogP contribution < -0.4 is 16.4 Å². The summed E-state index contributed by atoms with van der Waals surface area (Å²) in [5.41, 5.74) is 5.87. The Morgan fingerprint density at radius 2 is 2.04 bits per heavy atom. The van der Waals surface area contributed by atoms with E-state index < -0.39 is 5.54 Å². The molecule has 0 fully saturated rings. The fraction of sp³-hybridized carbons (Fsp3) is 0.500. The van der Waals surface area contributed by atoms with Gasteiger partial charge < -0.3 is 21.1 Å². The van der Waals surface area contributed by atoms with Crippen molar-refractivity contribution in [1.82, 2.24) is 5.32 Å². The normalized spacial score (nSPS) is 12.7. The second-order valence-electron chi connectivity index (χ2n) is 5.56. The molecule has 24 heavy (non-hydrogen) atoms. The van der Waals surface area contributed by atoms with E-state index in [1.807, 2.05) is 6.92 Å². The van der Waals surface area contributed by atoms with Crippen molar-refractivity contribution < 1.29 is 14.3 Å². The quantitative estimate of drug-likeness (QED) is 0.606. The Balaban J connectivity index is 0.00000529. The summed E-state index contributed by atoms with van der Waals surface area (Å²) in [6.07, 6.45) is 1.38. The highest BCUT2D eigenvalue weighted by Gasteiger charge is 2.27. The molecule has 6 nitrogen and oxygen atoms in total. The number of amides is 2. The number of ether oxygens (including phenoxy) is 1. The molecule has 1 rings (SSSR count). The largest absolute Gasteiger partial charge is 0.383 e. The van der Waals surface area contributed by atoms with Crippen LogP contribution in [0.25, 0.3) is 0 Å². The minimum Gasteiger partial charge on any atom is -0.383 e. The zero-order valence-electron chi connectivity index (χ0n) is 14.1. The van der Waals surface area contributed by atoms with E-state index in [1.165, 1.54) is 6.07 Å². The number of nitrogens with one attached hydrogen (secondary N) is 2. The molecule has 1 atom stereocenters. The van der Waals surface area contributed by atoms with Gasteiger partial charge in [-0.2, -0.15) is 0 Å². The Morgan fingerprint density at radius 3 is 2.58 bits per heavy atom. The minimum atomic E-state index is -0.947. The molecule has 0 radical (unpaired) electrons. The maximum Gasteiger partial charge on any atom is 0.252 e. The van der Waals surface area contributed by atoms with E-state index in [2.05, 4.69) is 10.6 Å². The van der Waals surface area contributed by atoms with E-state index in [0.717, 1.165) is 6.42 Å². The van der Waals surface area contributed by atoms with Crippen LogP contribution in [0.1, 0.15) is 37.0 Å². The molecule has 2 amide bonds. The summed E-state index contributed by atoms with van der Waals surface area (Å²) in [7, 11) is 1.56. The van der Waals surface area contributed by atoms with Crippen molar-refractivity contribution >= 4 is 41.5 Å². The number of carbonyl (C=O) groups excluding carboxylic acids is 2. The third-order valence-corrected chi connectivity index (χ3v) is 3.66. The van der Waals surface area contributed by atoms with Gasteiger partial charge in [0, 0.05) is 19.3 Å². The van der Waals surface area contributed by atoms with Gasteiger partial charge in [-0.05, 0) is 31.5 Å². The molecule has 0 saturated carbocycles. The lowest BCUT2D eigenvalue weighted by atomic mass is 9.96. The summed E-state index contributed by atoms with van der Waals surface area (Å²) < 4.78 is 4.87. The average molecular weight is 378 g/mol. The van der Waals surface area contributed by atoms with Crippen LogP contribution in [0.4, 0.5) is 5.69 Å². The molecule has 8 heteroatoms. The predicted molar refractivity (Wildman–Crippen MR) is 99.0 cm³/mol. The molecule has 1 aromatic rings. The van der Waals surface area contributed by atoms with Crippen molar-refractivity contribution in [2.24, 2.45) is 5.73 Å². The first-order valence-electron chi connectivity index (χ1n) is 7.49. The van der Waals surface area contributed by atoms with E-state index in [0.29, 0.717) is 30.8 Å². The molecule has 0 spiro atoms. The zero-order valence-corrected chi connectivity index (χ0v) is 15.7. The highest BCUT2D eigenvalue weighted by Crippen LogP contribution is 2.22. The van der Waals surface area contributed by atoms with Crippen molar-refractivity contribution in [3.05, 3.63) is 28.8 Å². The zero-order chi connectivity index (χ0) is 17.5. The van der Waals surface area contributed by atoms with Crippen molar-refractivity contribution in [3.63, 3.8) is 0 Å². The summed E-state index contributed by atoms with van der Waals surface area (Å²) in [6, 6.07) is 4.72. The second kappa shape index (κ2) is 10.5. The van der Waals surface area contributed by atoms with Gasteiger partial charge in [0.25, 0.3) is 5.91 Å². The Kier molecular flexibility index (Phi) is 9.92. The third kappa shape index (κ3) is 6.65. The molecule has 0 aromatic heterocycles. The molecule has 0 aliphatic rings. The van der Waals surface area contributed by atoms with Crippen molar-refractivity contribution in [3.8, 4) is 0 Å². The Hall–Kier alpha value is -1.34. The molecule has 0 aliphatic heterocycles. The number of hydrogen-bond donors (Lipinski definition) is 3. The first-order valence-corrected chi connectivity index (χ1v) is 7.86. The Morgan fingerprint density at radius 1 is 1.38 bits per heavy atom. The van der Waals surface area contributed by atoms with Crippen LogP contribution >= 0.6 is 24.0 Å². The lowest BCUT2D eigenvalue weighted by Gasteiger charge is -2.23. The van der Waals surface area contributed by atoms with Gasteiger partial charge in [0.05, 0.1) is 22.7 Å². The van der Waals surface area contributed by atoms with E-state index >= 15 is 0 Å². The summed E-state index contributed by atoms with van der Waals surface area (Å²) in [5.74, 6) is -0.577. The van der Waals surface area contributed by atoms with Crippen LogP contribution in [0.5, 0.6) is 0 Å². The van der Waals surface area contributed by atoms with E-state index in [9.17, 15) is 9.59 Å². The molecule has 0 aliphatic carbocycles. The monoisotopic (exact) mass is 377 g/mol. The lowest BCUT2D eigenvalue weighted by molar-refractivity contribution is -0.120. The molecule has 1 unspecified atom stereocenters. The number of nitrogens with two attached hydrogens (primary N) is 1. The Labute approximate surface area is 153 Å². The van der Waals surface area contributed by atoms with Crippen LogP contribution in [0.3, 0.4) is 0 Å². The fourth-order valence-electron chi connectivity index (χ4n) is 2.05. The van der Waals surface area contributed by atoms with Crippen LogP contribution in [0, 0.1) is 0 Å². The highest BCUT2D eigenvalue weighted by molar-refractivity contribution is 6.34. The number of rotatable bonds is 8. The average Bonchev–Trinajstić information content (AvgIpc) is 2.47. The predicted octanol–water partition coefficient (Wildman–Crippen LogP) is 2.59. The molecular weight excluding hydrogens is 353 g/mol. The van der Waals surface area contributed by atoms with Gasteiger partial charge in [0.1, 0.15) is 0 Å². The van der Waals surface area contributed by atoms with E-state index in [4.69, 9.17) is 22.1 Å². The summed E-state index contributed by atoms with van der Waals surface area (Å²) in [6.45, 7) is 4.47. The van der Waals surface area contributed by atoms with Gasteiger partial charge in [0.15, 0.2) is 0 Å². The smallest absolute Gasteiger partial charge is 0.252 e. The topological polar surface area (TPSA) is 93.5 Å². The number of anilines is 1. The van der Waals surface area contributed by atoms with E-state index in [-0.39, 0.29) is 29.2 Å². The number of hydrogen-bond acceptors (Lipinski definition) is 4. The molecule has 4 N–H and O–H groups in total. The highest BCUT2D eigenvalue weighted by atomic mass is 35.5. The maximum atomic E-state index is 12.2. The summed E-state index contributed by atoms with van der Waals surface area (Å²) >= 11 is 6.12. The third-order valence-electron chi connectivity index (χ3n) is 3.35. The standard InChI is InChI=1S/C16H24ClN3O3.ClH/c1-4-7-16(2,18)15(22)20-11-5-6-12(13(17)10-11)14(21)19-8-9-23-3;/h5-6,10H,4,7-9,18H2,1-3H3,(H,19,21)(H,20,22);1H. The number of benzene rings is 1. The minimum absolute atomic E-state index is 0. The first kappa shape index (κ1) is 22.7. The summed E-state index contributed by atoms with van der Waals surface area (Å²) in [4.78, 5) is 24.1. The van der Waals surface area contributed by atoms with Gasteiger partial charge in [-0.25, -0.2) is 0 Å². The molecule has 0 bridgehead atoms. The van der Waals surface area contributed by atoms with Gasteiger partial charge >= 0.3 is 0 Å². The molecule has 0 saturated heterocycles. The van der Waals surface area contributed by atoms with Crippen LogP contribution in [0.15, 0.2) is 18.2 Å². The SMILES string of the molecule is CCCC(C)(N)C(=O)Nc1ccc(C(=O)NCCOC)c(Cl)c1.Cl. The number of methoxy groups -OCH3 is 1. The molecule has 1 aromatic carbocycles. The molecule has 0 heterocycles.